The minimum absolute atomic E-state index is 0.00121. The Balaban J connectivity index is 1.40. The summed E-state index contributed by atoms with van der Waals surface area (Å²) < 4.78 is 5.48. The number of carbonyl (C=O) groups excluding carboxylic acids is 2. The van der Waals surface area contributed by atoms with Crippen molar-refractivity contribution in [2.75, 3.05) is 32.8 Å². The highest BCUT2D eigenvalue weighted by molar-refractivity contribution is 5.95. The lowest BCUT2D eigenvalue weighted by Crippen LogP contribution is -2.50. The predicted molar refractivity (Wildman–Crippen MR) is 89.5 cm³/mol. The van der Waals surface area contributed by atoms with Gasteiger partial charge in [-0.05, 0) is 23.8 Å². The van der Waals surface area contributed by atoms with Crippen LogP contribution in [0.1, 0.15) is 26.4 Å². The van der Waals surface area contributed by atoms with Crippen LogP contribution in [0.15, 0.2) is 36.8 Å². The summed E-state index contributed by atoms with van der Waals surface area (Å²) in [4.78, 5) is 36.6. The van der Waals surface area contributed by atoms with Gasteiger partial charge in [-0.2, -0.15) is 0 Å². The molecule has 2 aromatic rings. The van der Waals surface area contributed by atoms with E-state index < -0.39 is 0 Å². The average Bonchev–Trinajstić information content (AvgIpc) is 3.15. The van der Waals surface area contributed by atoms with Crippen LogP contribution in [0.2, 0.25) is 0 Å². The van der Waals surface area contributed by atoms with E-state index in [4.69, 9.17) is 4.74 Å². The summed E-state index contributed by atoms with van der Waals surface area (Å²) in [6.07, 6.45) is 5.35. The molecule has 0 atom stereocenters. The maximum absolute atomic E-state index is 12.7. The van der Waals surface area contributed by atoms with E-state index in [1.54, 1.807) is 9.80 Å². The molecule has 0 spiro atoms. The van der Waals surface area contributed by atoms with Crippen molar-refractivity contribution in [3.63, 3.8) is 0 Å². The smallest absolute Gasteiger partial charge is 0.274 e. The summed E-state index contributed by atoms with van der Waals surface area (Å²) in [6, 6.07) is 5.59. The van der Waals surface area contributed by atoms with Gasteiger partial charge in [0, 0.05) is 50.6 Å². The second kappa shape index (κ2) is 6.51. The first kappa shape index (κ1) is 15.6. The molecule has 0 bridgehead atoms. The second-order valence-electron chi connectivity index (χ2n) is 6.10. The van der Waals surface area contributed by atoms with Gasteiger partial charge in [0.1, 0.15) is 11.4 Å². The van der Waals surface area contributed by atoms with Gasteiger partial charge in [-0.1, -0.05) is 0 Å². The van der Waals surface area contributed by atoms with Crippen molar-refractivity contribution in [1.29, 1.82) is 0 Å². The zero-order chi connectivity index (χ0) is 17.2. The molecule has 4 rings (SSSR count). The number of rotatable bonds is 2. The normalized spacial score (nSPS) is 16.3. The first-order chi connectivity index (χ1) is 12.2. The molecule has 3 heterocycles. The Hall–Kier alpha value is -2.96. The lowest BCUT2D eigenvalue weighted by atomic mass is 10.1. The Kier molecular flexibility index (Phi) is 4.05. The van der Waals surface area contributed by atoms with Crippen LogP contribution in [0.5, 0.6) is 5.75 Å². The molecule has 2 amide bonds. The van der Waals surface area contributed by atoms with Gasteiger partial charge in [0.25, 0.3) is 11.8 Å². The molecule has 7 nitrogen and oxygen atoms in total. The van der Waals surface area contributed by atoms with Crippen molar-refractivity contribution < 1.29 is 14.3 Å². The number of amides is 2. The molecule has 2 aliphatic heterocycles. The molecule has 1 aromatic heterocycles. The topological polar surface area (TPSA) is 75.6 Å². The van der Waals surface area contributed by atoms with Crippen molar-refractivity contribution in [2.24, 2.45) is 0 Å². The third kappa shape index (κ3) is 3.05. The molecular weight excluding hydrogens is 320 g/mol. The fourth-order valence-electron chi connectivity index (χ4n) is 3.19. The monoisotopic (exact) mass is 338 g/mol. The SMILES string of the molecule is O=C(c1ccc2c(c1)CCO2)N1CCN(C(=O)c2cnccn2)CC1. The Bertz CT molecular complexity index is 801. The summed E-state index contributed by atoms with van der Waals surface area (Å²) in [6.45, 7) is 2.69. The highest BCUT2D eigenvalue weighted by Crippen LogP contribution is 2.26. The van der Waals surface area contributed by atoms with Crippen LogP contribution in [0.4, 0.5) is 0 Å². The number of aromatic nitrogens is 2. The van der Waals surface area contributed by atoms with Crippen molar-refractivity contribution in [3.8, 4) is 5.75 Å². The summed E-state index contributed by atoms with van der Waals surface area (Å²) in [7, 11) is 0. The molecule has 7 heteroatoms. The summed E-state index contributed by atoms with van der Waals surface area (Å²) in [5.74, 6) is 0.729. The standard InChI is InChI=1S/C18H18N4O3/c23-17(14-1-2-16-13(11-14)3-10-25-16)21-6-8-22(9-7-21)18(24)15-12-19-4-5-20-15/h1-2,4-5,11-12H,3,6-10H2. The fourth-order valence-corrected chi connectivity index (χ4v) is 3.19. The highest BCUT2D eigenvalue weighted by Gasteiger charge is 2.26. The first-order valence-corrected chi connectivity index (χ1v) is 8.32. The Morgan fingerprint density at radius 2 is 1.76 bits per heavy atom. The summed E-state index contributed by atoms with van der Waals surface area (Å²) in [5, 5.41) is 0. The predicted octanol–water partition coefficient (Wildman–Crippen LogP) is 1.01. The van der Waals surface area contributed by atoms with Crippen LogP contribution in [0, 0.1) is 0 Å². The van der Waals surface area contributed by atoms with Crippen molar-refractivity contribution in [1.82, 2.24) is 19.8 Å². The van der Waals surface area contributed by atoms with Gasteiger partial charge in [0.05, 0.1) is 12.8 Å². The number of benzene rings is 1. The maximum atomic E-state index is 12.7. The molecule has 1 saturated heterocycles. The quantitative estimate of drug-likeness (QED) is 0.817. The number of hydrogen-bond donors (Lipinski definition) is 0. The minimum atomic E-state index is -0.144. The summed E-state index contributed by atoms with van der Waals surface area (Å²) >= 11 is 0. The van der Waals surface area contributed by atoms with E-state index in [0.717, 1.165) is 17.7 Å². The van der Waals surface area contributed by atoms with Crippen LogP contribution in [-0.2, 0) is 6.42 Å². The number of hydrogen-bond acceptors (Lipinski definition) is 5. The second-order valence-corrected chi connectivity index (χ2v) is 6.10. The first-order valence-electron chi connectivity index (χ1n) is 8.32. The summed E-state index contributed by atoms with van der Waals surface area (Å²) in [5.41, 5.74) is 2.10. The molecule has 128 valence electrons. The molecule has 1 fully saturated rings. The number of fused-ring (bicyclic) bond motifs is 1. The van der Waals surface area contributed by atoms with E-state index in [1.807, 2.05) is 18.2 Å². The van der Waals surface area contributed by atoms with Gasteiger partial charge in [0.2, 0.25) is 0 Å². The van der Waals surface area contributed by atoms with Crippen molar-refractivity contribution >= 4 is 11.8 Å². The molecule has 0 unspecified atom stereocenters. The van der Waals surface area contributed by atoms with E-state index in [1.165, 1.54) is 18.6 Å². The molecular formula is C18H18N4O3. The van der Waals surface area contributed by atoms with Gasteiger partial charge in [-0.3, -0.25) is 14.6 Å². The van der Waals surface area contributed by atoms with Gasteiger partial charge in [-0.15, -0.1) is 0 Å². The number of ether oxygens (including phenoxy) is 1. The lowest BCUT2D eigenvalue weighted by Gasteiger charge is -2.34. The Morgan fingerprint density at radius 3 is 2.48 bits per heavy atom. The van der Waals surface area contributed by atoms with Crippen LogP contribution in [0.25, 0.3) is 0 Å². The van der Waals surface area contributed by atoms with Crippen LogP contribution < -0.4 is 4.74 Å². The fraction of sp³-hybridized carbons (Fsp3) is 0.333. The van der Waals surface area contributed by atoms with Gasteiger partial charge in [-0.25, -0.2) is 4.98 Å². The Labute approximate surface area is 145 Å². The van der Waals surface area contributed by atoms with Crippen molar-refractivity contribution in [2.45, 2.75) is 6.42 Å². The molecule has 0 radical (unpaired) electrons. The van der Waals surface area contributed by atoms with E-state index in [9.17, 15) is 9.59 Å². The molecule has 0 saturated carbocycles. The third-order valence-corrected chi connectivity index (χ3v) is 4.57. The molecule has 2 aliphatic rings. The van der Waals surface area contributed by atoms with E-state index in [0.29, 0.717) is 44.0 Å². The zero-order valence-electron chi connectivity index (χ0n) is 13.7. The van der Waals surface area contributed by atoms with Crippen LogP contribution in [0.3, 0.4) is 0 Å². The van der Waals surface area contributed by atoms with Crippen LogP contribution >= 0.6 is 0 Å². The highest BCUT2D eigenvalue weighted by atomic mass is 16.5. The molecule has 25 heavy (non-hydrogen) atoms. The number of piperazine rings is 1. The van der Waals surface area contributed by atoms with E-state index >= 15 is 0 Å². The molecule has 0 N–H and O–H groups in total. The largest absolute Gasteiger partial charge is 0.493 e. The lowest BCUT2D eigenvalue weighted by molar-refractivity contribution is 0.0532. The number of carbonyl (C=O) groups is 2. The molecule has 0 aliphatic carbocycles. The van der Waals surface area contributed by atoms with Gasteiger partial charge < -0.3 is 14.5 Å². The van der Waals surface area contributed by atoms with Crippen LogP contribution in [-0.4, -0.2) is 64.4 Å². The molecule has 1 aromatic carbocycles. The van der Waals surface area contributed by atoms with Crippen molar-refractivity contribution in [3.05, 3.63) is 53.6 Å². The zero-order valence-corrected chi connectivity index (χ0v) is 13.7. The van der Waals surface area contributed by atoms with Gasteiger partial charge in [0.15, 0.2) is 0 Å². The third-order valence-electron chi connectivity index (χ3n) is 4.57. The number of nitrogens with zero attached hydrogens (tertiary/aromatic N) is 4. The minimum Gasteiger partial charge on any atom is -0.493 e. The Morgan fingerprint density at radius 1 is 1.00 bits per heavy atom. The van der Waals surface area contributed by atoms with Gasteiger partial charge >= 0.3 is 0 Å². The van der Waals surface area contributed by atoms with E-state index in [-0.39, 0.29) is 11.8 Å². The van der Waals surface area contributed by atoms with E-state index in [2.05, 4.69) is 9.97 Å². The maximum Gasteiger partial charge on any atom is 0.274 e. The average molecular weight is 338 g/mol.